The molecular weight excluding hydrogens is 366 g/mol. The van der Waals surface area contributed by atoms with E-state index in [4.69, 9.17) is 4.42 Å². The lowest BCUT2D eigenvalue weighted by Gasteiger charge is -2.12. The summed E-state index contributed by atoms with van der Waals surface area (Å²) in [5.41, 5.74) is 4.60. The van der Waals surface area contributed by atoms with Crippen LogP contribution >= 0.6 is 0 Å². The lowest BCUT2D eigenvalue weighted by atomic mass is 10.1. The molecule has 0 saturated carbocycles. The summed E-state index contributed by atoms with van der Waals surface area (Å²) in [4.78, 5) is 19.6. The molecule has 0 saturated heterocycles. The number of rotatable bonds is 8. The number of benzene rings is 1. The van der Waals surface area contributed by atoms with Gasteiger partial charge in [0.15, 0.2) is 11.7 Å². The largest absolute Gasteiger partial charge is 0.459 e. The number of aromatic amines is 1. The van der Waals surface area contributed by atoms with Crippen molar-refractivity contribution in [2.24, 2.45) is 4.99 Å². The van der Waals surface area contributed by atoms with E-state index < -0.39 is 0 Å². The average Bonchev–Trinajstić information content (AvgIpc) is 3.33. The first-order valence-electron chi connectivity index (χ1n) is 9.92. The van der Waals surface area contributed by atoms with Crippen LogP contribution in [0.15, 0.2) is 46.1 Å². The molecule has 1 amide bonds. The zero-order valence-corrected chi connectivity index (χ0v) is 17.3. The molecule has 7 nitrogen and oxygen atoms in total. The third kappa shape index (κ3) is 5.19. The first kappa shape index (κ1) is 20.5. The SMILES string of the molecule is CN=C(NCCCNC(=O)c1occc1C)NCCc1c[nH]c2c(C)cccc12. The Hall–Kier alpha value is -3.22. The van der Waals surface area contributed by atoms with Gasteiger partial charge in [0.2, 0.25) is 0 Å². The van der Waals surface area contributed by atoms with Crippen molar-refractivity contribution in [2.75, 3.05) is 26.7 Å². The van der Waals surface area contributed by atoms with E-state index in [2.05, 4.69) is 57.2 Å². The maximum Gasteiger partial charge on any atom is 0.287 e. The molecule has 4 N–H and O–H groups in total. The molecule has 0 unspecified atom stereocenters. The zero-order valence-electron chi connectivity index (χ0n) is 17.3. The van der Waals surface area contributed by atoms with Crippen molar-refractivity contribution in [1.29, 1.82) is 0 Å². The highest BCUT2D eigenvalue weighted by Crippen LogP contribution is 2.21. The molecule has 29 heavy (non-hydrogen) atoms. The smallest absolute Gasteiger partial charge is 0.287 e. The monoisotopic (exact) mass is 395 g/mol. The highest BCUT2D eigenvalue weighted by atomic mass is 16.3. The number of aromatic nitrogens is 1. The summed E-state index contributed by atoms with van der Waals surface area (Å²) in [5, 5.41) is 10.8. The molecule has 2 aromatic heterocycles. The van der Waals surface area contributed by atoms with Gasteiger partial charge in [-0.25, -0.2) is 0 Å². The Kier molecular flexibility index (Phi) is 6.94. The third-order valence-electron chi connectivity index (χ3n) is 4.92. The van der Waals surface area contributed by atoms with E-state index >= 15 is 0 Å². The van der Waals surface area contributed by atoms with E-state index in [0.29, 0.717) is 18.8 Å². The number of aliphatic imine (C=N–C) groups is 1. The Morgan fingerprint density at radius 2 is 1.86 bits per heavy atom. The zero-order chi connectivity index (χ0) is 20.6. The van der Waals surface area contributed by atoms with Crippen LogP contribution in [0.2, 0.25) is 0 Å². The summed E-state index contributed by atoms with van der Waals surface area (Å²) in [6, 6.07) is 8.14. The molecule has 0 aliphatic heterocycles. The summed E-state index contributed by atoms with van der Waals surface area (Å²) < 4.78 is 5.19. The van der Waals surface area contributed by atoms with Crippen molar-refractivity contribution < 1.29 is 9.21 Å². The van der Waals surface area contributed by atoms with E-state index in [-0.39, 0.29) is 5.91 Å². The van der Waals surface area contributed by atoms with Gasteiger partial charge in [-0.05, 0) is 43.9 Å². The molecule has 2 heterocycles. The predicted octanol–water partition coefficient (Wildman–Crippen LogP) is 2.91. The van der Waals surface area contributed by atoms with E-state index in [1.165, 1.54) is 28.3 Å². The van der Waals surface area contributed by atoms with Gasteiger partial charge >= 0.3 is 0 Å². The molecule has 0 fully saturated rings. The van der Waals surface area contributed by atoms with Gasteiger partial charge in [0.05, 0.1) is 6.26 Å². The van der Waals surface area contributed by atoms with Gasteiger partial charge in [-0.15, -0.1) is 0 Å². The second kappa shape index (κ2) is 9.82. The molecule has 154 valence electrons. The summed E-state index contributed by atoms with van der Waals surface area (Å²) >= 11 is 0. The van der Waals surface area contributed by atoms with E-state index in [1.807, 2.05) is 6.92 Å². The Labute approximate surface area is 171 Å². The Balaban J connectivity index is 1.36. The van der Waals surface area contributed by atoms with Gasteiger partial charge in [0.1, 0.15) is 0 Å². The number of aryl methyl sites for hydroxylation is 2. The lowest BCUT2D eigenvalue weighted by molar-refractivity contribution is 0.0925. The summed E-state index contributed by atoms with van der Waals surface area (Å²) in [6.07, 6.45) is 5.30. The van der Waals surface area contributed by atoms with Crippen molar-refractivity contribution in [2.45, 2.75) is 26.7 Å². The van der Waals surface area contributed by atoms with Crippen molar-refractivity contribution in [3.8, 4) is 0 Å². The topological polar surface area (TPSA) is 94.4 Å². The molecule has 3 rings (SSSR count). The minimum Gasteiger partial charge on any atom is -0.459 e. The number of carbonyl (C=O) groups excluding carboxylic acids is 1. The molecule has 0 bridgehead atoms. The number of carbonyl (C=O) groups is 1. The first-order chi connectivity index (χ1) is 14.1. The minimum atomic E-state index is -0.177. The number of furan rings is 1. The second-order valence-corrected chi connectivity index (χ2v) is 7.03. The third-order valence-corrected chi connectivity index (χ3v) is 4.92. The van der Waals surface area contributed by atoms with Crippen LogP contribution in [0.3, 0.4) is 0 Å². The number of hydrogen-bond donors (Lipinski definition) is 4. The lowest BCUT2D eigenvalue weighted by Crippen LogP contribution is -2.39. The predicted molar refractivity (Wildman–Crippen MR) is 116 cm³/mol. The van der Waals surface area contributed by atoms with Crippen molar-refractivity contribution in [1.82, 2.24) is 20.9 Å². The molecule has 0 radical (unpaired) electrons. The van der Waals surface area contributed by atoms with Crippen LogP contribution in [-0.4, -0.2) is 43.5 Å². The molecule has 0 atom stereocenters. The van der Waals surface area contributed by atoms with E-state index in [1.54, 1.807) is 13.1 Å². The van der Waals surface area contributed by atoms with Crippen LogP contribution in [0.25, 0.3) is 10.9 Å². The highest BCUT2D eigenvalue weighted by molar-refractivity contribution is 5.92. The maximum absolute atomic E-state index is 12.0. The molecule has 0 aliphatic rings. The van der Waals surface area contributed by atoms with Crippen LogP contribution in [0.4, 0.5) is 0 Å². The Morgan fingerprint density at radius 3 is 2.62 bits per heavy atom. The fourth-order valence-corrected chi connectivity index (χ4v) is 3.29. The van der Waals surface area contributed by atoms with Crippen LogP contribution in [-0.2, 0) is 6.42 Å². The normalized spacial score (nSPS) is 11.6. The quantitative estimate of drug-likeness (QED) is 0.268. The fraction of sp³-hybridized carbons (Fsp3) is 0.364. The summed E-state index contributed by atoms with van der Waals surface area (Å²) in [7, 11) is 1.76. The molecule has 1 aromatic carbocycles. The van der Waals surface area contributed by atoms with Crippen LogP contribution in [0, 0.1) is 13.8 Å². The number of fused-ring (bicyclic) bond motifs is 1. The number of nitrogens with one attached hydrogen (secondary N) is 4. The van der Waals surface area contributed by atoms with E-state index in [9.17, 15) is 4.79 Å². The van der Waals surface area contributed by atoms with Crippen LogP contribution < -0.4 is 16.0 Å². The number of para-hydroxylation sites is 1. The van der Waals surface area contributed by atoms with Gasteiger partial charge in [-0.3, -0.25) is 9.79 Å². The highest BCUT2D eigenvalue weighted by Gasteiger charge is 2.11. The number of guanidine groups is 1. The molecule has 3 aromatic rings. The molecule has 0 spiro atoms. The number of amides is 1. The van der Waals surface area contributed by atoms with Crippen molar-refractivity contribution >= 4 is 22.8 Å². The van der Waals surface area contributed by atoms with Gasteiger partial charge in [0.25, 0.3) is 5.91 Å². The molecular formula is C22H29N5O2. The fourth-order valence-electron chi connectivity index (χ4n) is 3.29. The maximum atomic E-state index is 12.0. The van der Waals surface area contributed by atoms with E-state index in [0.717, 1.165) is 30.9 Å². The second-order valence-electron chi connectivity index (χ2n) is 7.03. The minimum absolute atomic E-state index is 0.177. The molecule has 7 heteroatoms. The summed E-state index contributed by atoms with van der Waals surface area (Å²) in [6.45, 7) is 6.04. The Morgan fingerprint density at radius 1 is 1.07 bits per heavy atom. The molecule has 0 aliphatic carbocycles. The van der Waals surface area contributed by atoms with Crippen molar-refractivity contribution in [3.63, 3.8) is 0 Å². The standard InChI is InChI=1S/C22H29N5O2/c1-15-6-4-7-18-17(14-27-19(15)18)8-12-26-22(23-3)25-11-5-10-24-21(28)20-16(2)9-13-29-20/h4,6-7,9,13-14,27H,5,8,10-12H2,1-3H3,(H,24,28)(H2,23,25,26). The Bertz CT molecular complexity index is 986. The van der Waals surface area contributed by atoms with Gasteiger partial charge in [-0.1, -0.05) is 18.2 Å². The van der Waals surface area contributed by atoms with Crippen molar-refractivity contribution in [3.05, 3.63) is 59.2 Å². The van der Waals surface area contributed by atoms with Gasteiger partial charge < -0.3 is 25.4 Å². The first-order valence-corrected chi connectivity index (χ1v) is 9.92. The number of hydrogen-bond acceptors (Lipinski definition) is 3. The van der Waals surface area contributed by atoms with Gasteiger partial charge in [0, 0.05) is 49.3 Å². The number of nitrogens with zero attached hydrogens (tertiary/aromatic N) is 1. The average molecular weight is 396 g/mol. The summed E-state index contributed by atoms with van der Waals surface area (Å²) in [5.74, 6) is 0.959. The number of H-pyrrole nitrogens is 1. The van der Waals surface area contributed by atoms with Gasteiger partial charge in [-0.2, -0.15) is 0 Å². The van der Waals surface area contributed by atoms with Crippen LogP contribution in [0.5, 0.6) is 0 Å². The van der Waals surface area contributed by atoms with Crippen LogP contribution in [0.1, 0.15) is 33.7 Å².